The quantitative estimate of drug-likeness (QED) is 0.569. The second kappa shape index (κ2) is 11.0. The summed E-state index contributed by atoms with van der Waals surface area (Å²) in [4.78, 5) is 44.6. The predicted molar refractivity (Wildman–Crippen MR) is 138 cm³/mol. The third-order valence-corrected chi connectivity index (χ3v) is 8.25. The van der Waals surface area contributed by atoms with Crippen molar-refractivity contribution < 1.29 is 14.3 Å². The molecule has 2 bridgehead atoms. The van der Waals surface area contributed by atoms with Crippen LogP contribution < -0.4 is 16.2 Å². The Morgan fingerprint density at radius 1 is 0.972 bits per heavy atom. The van der Waals surface area contributed by atoms with E-state index in [1.165, 1.54) is 58.5 Å². The second-order valence-corrected chi connectivity index (χ2v) is 10.4. The van der Waals surface area contributed by atoms with Gasteiger partial charge in [0.05, 0.1) is 30.7 Å². The average Bonchev–Trinajstić information content (AvgIpc) is 3.44. The van der Waals surface area contributed by atoms with E-state index in [2.05, 4.69) is 25.3 Å². The monoisotopic (exact) mass is 495 g/mol. The summed E-state index contributed by atoms with van der Waals surface area (Å²) in [7, 11) is 1.27. The van der Waals surface area contributed by atoms with Gasteiger partial charge in [-0.25, -0.2) is 4.98 Å². The Kier molecular flexibility index (Phi) is 7.55. The number of hydrogen-bond donors (Lipinski definition) is 2. The Bertz CT molecular complexity index is 1160. The van der Waals surface area contributed by atoms with E-state index in [9.17, 15) is 14.4 Å². The topological polar surface area (TPSA) is 106 Å². The molecule has 3 atom stereocenters. The lowest BCUT2D eigenvalue weighted by Gasteiger charge is -2.34. The van der Waals surface area contributed by atoms with E-state index in [4.69, 9.17) is 0 Å². The van der Waals surface area contributed by atoms with Crippen molar-refractivity contribution in [3.8, 4) is 0 Å². The van der Waals surface area contributed by atoms with Gasteiger partial charge in [0.25, 0.3) is 5.56 Å². The van der Waals surface area contributed by atoms with Gasteiger partial charge in [-0.1, -0.05) is 44.2 Å². The van der Waals surface area contributed by atoms with Gasteiger partial charge in [-0.15, -0.1) is 0 Å². The zero-order valence-corrected chi connectivity index (χ0v) is 21.1. The number of benzene rings is 1. The van der Waals surface area contributed by atoms with Crippen molar-refractivity contribution in [3.05, 3.63) is 34.6 Å². The number of carbonyl (C=O) groups is 2. The number of ether oxygens (including phenoxy) is 1. The number of nitrogens with zero attached hydrogens (tertiary/aromatic N) is 3. The van der Waals surface area contributed by atoms with E-state index >= 15 is 0 Å². The smallest absolute Gasteiger partial charge is 0.325 e. The SMILES string of the molecule is COC(=O)CNC(=O)CNc1nc2ccccc2n([C@@H]2C[C@@H]3CCC2N3C2CCCCCCC2)c1=O. The Morgan fingerprint density at radius 2 is 1.72 bits per heavy atom. The largest absolute Gasteiger partial charge is 0.468 e. The van der Waals surface area contributed by atoms with E-state index in [1.54, 1.807) is 0 Å². The lowest BCUT2D eigenvalue weighted by molar-refractivity contribution is -0.140. The fourth-order valence-electron chi connectivity index (χ4n) is 6.65. The van der Waals surface area contributed by atoms with Gasteiger partial charge in [0, 0.05) is 18.1 Å². The highest BCUT2D eigenvalue weighted by atomic mass is 16.5. The van der Waals surface area contributed by atoms with Crippen LogP contribution in [0.3, 0.4) is 0 Å². The van der Waals surface area contributed by atoms with Crippen molar-refractivity contribution in [2.24, 2.45) is 0 Å². The minimum Gasteiger partial charge on any atom is -0.468 e. The summed E-state index contributed by atoms with van der Waals surface area (Å²) in [5.41, 5.74) is 1.39. The number of carbonyl (C=O) groups excluding carboxylic acids is 2. The maximum atomic E-state index is 13.8. The molecule has 36 heavy (non-hydrogen) atoms. The van der Waals surface area contributed by atoms with Crippen molar-refractivity contribution in [1.82, 2.24) is 19.8 Å². The van der Waals surface area contributed by atoms with Crippen LogP contribution in [-0.4, -0.2) is 64.7 Å². The molecule has 9 heteroatoms. The van der Waals surface area contributed by atoms with Gasteiger partial charge in [0.1, 0.15) is 6.54 Å². The van der Waals surface area contributed by atoms with Gasteiger partial charge < -0.3 is 15.4 Å². The Morgan fingerprint density at radius 3 is 2.50 bits per heavy atom. The van der Waals surface area contributed by atoms with Crippen molar-refractivity contribution in [3.63, 3.8) is 0 Å². The number of para-hydroxylation sites is 2. The lowest BCUT2D eigenvalue weighted by Crippen LogP contribution is -2.42. The summed E-state index contributed by atoms with van der Waals surface area (Å²) in [6.45, 7) is -0.364. The number of hydrogen-bond acceptors (Lipinski definition) is 7. The van der Waals surface area contributed by atoms with Crippen LogP contribution in [0.5, 0.6) is 0 Å². The number of nitrogens with one attached hydrogen (secondary N) is 2. The first-order chi connectivity index (χ1) is 17.6. The summed E-state index contributed by atoms with van der Waals surface area (Å²) in [5.74, 6) is -0.765. The molecule has 2 aliphatic heterocycles. The van der Waals surface area contributed by atoms with Gasteiger partial charge in [0.2, 0.25) is 5.91 Å². The van der Waals surface area contributed by atoms with Crippen molar-refractivity contribution in [2.75, 3.05) is 25.5 Å². The molecule has 0 radical (unpaired) electrons. The summed E-state index contributed by atoms with van der Waals surface area (Å²) < 4.78 is 6.49. The van der Waals surface area contributed by atoms with Crippen LogP contribution in [-0.2, 0) is 14.3 Å². The molecule has 1 aliphatic carbocycles. The molecule has 1 aromatic heterocycles. The molecule has 3 fully saturated rings. The minimum atomic E-state index is -0.528. The first kappa shape index (κ1) is 24.7. The van der Waals surface area contributed by atoms with Crippen LogP contribution in [0.2, 0.25) is 0 Å². The predicted octanol–water partition coefficient (Wildman–Crippen LogP) is 2.99. The van der Waals surface area contributed by atoms with Crippen molar-refractivity contribution in [2.45, 2.75) is 88.4 Å². The second-order valence-electron chi connectivity index (χ2n) is 10.4. The summed E-state index contributed by atoms with van der Waals surface area (Å²) in [6.07, 6.45) is 12.5. The number of methoxy groups -OCH3 is 1. The summed E-state index contributed by atoms with van der Waals surface area (Å²) >= 11 is 0. The maximum Gasteiger partial charge on any atom is 0.325 e. The van der Waals surface area contributed by atoms with Crippen molar-refractivity contribution >= 4 is 28.7 Å². The van der Waals surface area contributed by atoms with E-state index in [1.807, 2.05) is 28.8 Å². The molecule has 1 aromatic carbocycles. The molecule has 2 N–H and O–H groups in total. The average molecular weight is 496 g/mol. The van der Waals surface area contributed by atoms with Gasteiger partial charge >= 0.3 is 5.97 Å². The Labute approximate surface area is 211 Å². The minimum absolute atomic E-state index is 0.100. The highest BCUT2D eigenvalue weighted by Gasteiger charge is 2.50. The zero-order valence-electron chi connectivity index (χ0n) is 21.1. The standard InChI is InChI=1S/C27H37N5O4/c1-36-25(34)17-28-24(33)16-29-26-27(35)32(21-12-8-7-11-20(21)30-26)23-15-19-13-14-22(23)31(19)18-9-5-3-2-4-6-10-18/h7-8,11-12,18-19,22-23H,2-6,9-10,13-17H2,1H3,(H,28,33)(H,29,30)/t19-,22?,23+/m0/s1. The Hall–Kier alpha value is -2.94. The van der Waals surface area contributed by atoms with Crippen LogP contribution in [0, 0.1) is 0 Å². The molecule has 1 unspecified atom stereocenters. The summed E-state index contributed by atoms with van der Waals surface area (Å²) in [6, 6.07) is 9.36. The molecule has 3 heterocycles. The third kappa shape index (κ3) is 4.98. The molecule has 1 amide bonds. The van der Waals surface area contributed by atoms with E-state index in [-0.39, 0.29) is 30.5 Å². The third-order valence-electron chi connectivity index (χ3n) is 8.25. The molecule has 5 rings (SSSR count). The highest BCUT2D eigenvalue weighted by molar-refractivity contribution is 5.85. The normalized spacial score (nSPS) is 24.9. The van der Waals surface area contributed by atoms with Crippen LogP contribution in [0.15, 0.2) is 29.1 Å². The van der Waals surface area contributed by atoms with E-state index in [0.29, 0.717) is 18.1 Å². The molecule has 2 saturated heterocycles. The number of esters is 1. The zero-order chi connectivity index (χ0) is 25.1. The number of rotatable bonds is 7. The van der Waals surface area contributed by atoms with E-state index in [0.717, 1.165) is 23.9 Å². The molecular weight excluding hydrogens is 458 g/mol. The van der Waals surface area contributed by atoms with Gasteiger partial charge in [0.15, 0.2) is 5.82 Å². The van der Waals surface area contributed by atoms with Gasteiger partial charge in [-0.05, 0) is 44.2 Å². The molecular formula is C27H37N5O4. The Balaban J connectivity index is 1.40. The lowest BCUT2D eigenvalue weighted by atomic mass is 9.94. The van der Waals surface area contributed by atoms with Crippen LogP contribution in [0.4, 0.5) is 5.82 Å². The number of anilines is 1. The van der Waals surface area contributed by atoms with Crippen molar-refractivity contribution in [1.29, 1.82) is 0 Å². The molecule has 3 aliphatic rings. The van der Waals surface area contributed by atoms with Gasteiger partial charge in [-0.2, -0.15) is 0 Å². The number of fused-ring (bicyclic) bond motifs is 3. The fraction of sp³-hybridized carbons (Fsp3) is 0.630. The molecule has 194 valence electrons. The number of aromatic nitrogens is 2. The fourth-order valence-corrected chi connectivity index (χ4v) is 6.65. The van der Waals surface area contributed by atoms with E-state index < -0.39 is 11.9 Å². The molecule has 1 saturated carbocycles. The highest BCUT2D eigenvalue weighted by Crippen LogP contribution is 2.47. The first-order valence-corrected chi connectivity index (χ1v) is 13.4. The molecule has 0 spiro atoms. The number of amides is 1. The first-order valence-electron chi connectivity index (χ1n) is 13.4. The van der Waals surface area contributed by atoms with Crippen LogP contribution in [0.25, 0.3) is 11.0 Å². The maximum absolute atomic E-state index is 13.8. The van der Waals surface area contributed by atoms with Crippen LogP contribution in [0.1, 0.15) is 70.3 Å². The van der Waals surface area contributed by atoms with Gasteiger partial charge in [-0.3, -0.25) is 23.9 Å². The molecule has 2 aromatic rings. The molecule has 9 nitrogen and oxygen atoms in total. The van der Waals surface area contributed by atoms with Crippen LogP contribution >= 0.6 is 0 Å². The summed E-state index contributed by atoms with van der Waals surface area (Å²) in [5, 5.41) is 5.41.